The minimum atomic E-state index is -0.173. The van der Waals surface area contributed by atoms with E-state index in [1.165, 1.54) is 19.3 Å². The van der Waals surface area contributed by atoms with Gasteiger partial charge < -0.3 is 4.74 Å². The van der Waals surface area contributed by atoms with Gasteiger partial charge in [0.25, 0.3) is 0 Å². The van der Waals surface area contributed by atoms with Crippen LogP contribution in [0.25, 0.3) is 0 Å². The maximum atomic E-state index is 11.1. The lowest BCUT2D eigenvalue weighted by atomic mass is 10.1. The van der Waals surface area contributed by atoms with E-state index in [-0.39, 0.29) is 5.97 Å². The Balaban J connectivity index is 3.31. The van der Waals surface area contributed by atoms with Crippen molar-refractivity contribution < 1.29 is 9.53 Å². The number of ether oxygens (including phenoxy) is 1. The van der Waals surface area contributed by atoms with E-state index in [1.54, 1.807) is 0 Å². The first-order valence-electron chi connectivity index (χ1n) is 5.44. The van der Waals surface area contributed by atoms with Crippen molar-refractivity contribution >= 4 is 23.2 Å². The third-order valence-corrected chi connectivity index (χ3v) is 2.37. The van der Waals surface area contributed by atoms with E-state index in [1.807, 2.05) is 6.92 Å². The van der Waals surface area contributed by atoms with Crippen LogP contribution in [-0.4, -0.2) is 11.0 Å². The van der Waals surface area contributed by atoms with E-state index in [2.05, 4.69) is 6.92 Å². The zero-order chi connectivity index (χ0) is 10.8. The van der Waals surface area contributed by atoms with Gasteiger partial charge in [-0.2, -0.15) is 0 Å². The average Bonchev–Trinajstić information content (AvgIpc) is 2.17. The normalized spacial score (nSPS) is 9.86. The number of carbonyl (C=O) groups excluding carboxylic acids is 1. The maximum Gasteiger partial charge on any atom is 0.311 e. The highest BCUT2D eigenvalue weighted by Crippen LogP contribution is 2.06. The largest absolute Gasteiger partial charge is 0.419 e. The summed E-state index contributed by atoms with van der Waals surface area (Å²) in [6, 6.07) is 0. The van der Waals surface area contributed by atoms with Crippen LogP contribution < -0.4 is 0 Å². The highest BCUT2D eigenvalue weighted by molar-refractivity contribution is 7.80. The Hall–Kier alpha value is -0.440. The van der Waals surface area contributed by atoms with Gasteiger partial charge in [0.2, 0.25) is 0 Å². The van der Waals surface area contributed by atoms with E-state index >= 15 is 0 Å². The molecule has 0 rings (SSSR count). The fraction of sp³-hybridized carbons (Fsp3) is 0.818. The lowest BCUT2D eigenvalue weighted by Crippen LogP contribution is -2.09. The number of rotatable bonds is 7. The number of carbonyl (C=O) groups is 1. The van der Waals surface area contributed by atoms with Crippen molar-refractivity contribution in [1.29, 1.82) is 0 Å². The minimum Gasteiger partial charge on any atom is -0.419 e. The van der Waals surface area contributed by atoms with E-state index in [9.17, 15) is 4.79 Å². The molecule has 0 aromatic heterocycles. The molecule has 0 saturated carbocycles. The van der Waals surface area contributed by atoms with Crippen LogP contribution in [0.1, 0.15) is 58.8 Å². The Morgan fingerprint density at radius 2 is 1.79 bits per heavy atom. The zero-order valence-electron chi connectivity index (χ0n) is 9.17. The summed E-state index contributed by atoms with van der Waals surface area (Å²) in [5.41, 5.74) is 0. The molecule has 0 heterocycles. The molecular weight excluding hydrogens is 196 g/mol. The molecule has 0 bridgehead atoms. The van der Waals surface area contributed by atoms with E-state index in [0.717, 1.165) is 12.8 Å². The second-order valence-corrected chi connectivity index (χ2v) is 3.82. The molecule has 82 valence electrons. The van der Waals surface area contributed by atoms with Crippen molar-refractivity contribution in [2.24, 2.45) is 0 Å². The topological polar surface area (TPSA) is 26.3 Å². The van der Waals surface area contributed by atoms with Crippen molar-refractivity contribution in [3.8, 4) is 0 Å². The molecule has 0 aliphatic rings. The van der Waals surface area contributed by atoms with E-state index in [4.69, 9.17) is 17.0 Å². The molecule has 0 saturated heterocycles. The van der Waals surface area contributed by atoms with Gasteiger partial charge in [0, 0.05) is 12.8 Å². The summed E-state index contributed by atoms with van der Waals surface area (Å²) in [5.74, 6) is -0.173. The van der Waals surface area contributed by atoms with E-state index < -0.39 is 0 Å². The summed E-state index contributed by atoms with van der Waals surface area (Å²) in [7, 11) is 0. The van der Waals surface area contributed by atoms with Gasteiger partial charge in [-0.25, -0.2) is 0 Å². The van der Waals surface area contributed by atoms with E-state index in [0.29, 0.717) is 17.9 Å². The summed E-state index contributed by atoms with van der Waals surface area (Å²) in [6.45, 7) is 4.06. The molecule has 14 heavy (non-hydrogen) atoms. The summed E-state index contributed by atoms with van der Waals surface area (Å²) in [5, 5.41) is 0.406. The summed E-state index contributed by atoms with van der Waals surface area (Å²) >= 11 is 4.81. The number of hydrogen-bond acceptors (Lipinski definition) is 3. The lowest BCUT2D eigenvalue weighted by Gasteiger charge is -2.03. The van der Waals surface area contributed by atoms with Crippen molar-refractivity contribution in [3.63, 3.8) is 0 Å². The molecular formula is C11H20O2S. The maximum absolute atomic E-state index is 11.1. The Labute approximate surface area is 92.0 Å². The van der Waals surface area contributed by atoms with Crippen molar-refractivity contribution in [2.45, 2.75) is 58.8 Å². The third kappa shape index (κ3) is 8.17. The standard InChI is InChI=1S/C11H20O2S/c1-3-5-6-7-8-9-10(12)13-11(14)4-2/h3-9H2,1-2H3. The van der Waals surface area contributed by atoms with Gasteiger partial charge in [-0.05, 0) is 18.6 Å². The molecule has 0 aliphatic heterocycles. The van der Waals surface area contributed by atoms with Gasteiger partial charge in [0.1, 0.15) is 0 Å². The van der Waals surface area contributed by atoms with Crippen molar-refractivity contribution in [2.75, 3.05) is 0 Å². The van der Waals surface area contributed by atoms with Gasteiger partial charge >= 0.3 is 5.97 Å². The summed E-state index contributed by atoms with van der Waals surface area (Å²) in [6.07, 6.45) is 6.86. The first-order valence-corrected chi connectivity index (χ1v) is 5.85. The third-order valence-electron chi connectivity index (χ3n) is 2.00. The Morgan fingerprint density at radius 1 is 1.14 bits per heavy atom. The SMILES string of the molecule is CCCCCCCC(=O)OC(=S)CC. The molecule has 0 aromatic carbocycles. The molecule has 0 radical (unpaired) electrons. The van der Waals surface area contributed by atoms with Gasteiger partial charge in [-0.1, -0.05) is 39.5 Å². The quantitative estimate of drug-likeness (QED) is 0.369. The van der Waals surface area contributed by atoms with Crippen molar-refractivity contribution in [3.05, 3.63) is 0 Å². The van der Waals surface area contributed by atoms with Crippen LogP contribution in [0.5, 0.6) is 0 Å². The van der Waals surface area contributed by atoms with Gasteiger partial charge in [0.15, 0.2) is 5.05 Å². The average molecular weight is 216 g/mol. The minimum absolute atomic E-state index is 0.173. The molecule has 0 aliphatic carbocycles. The fourth-order valence-electron chi connectivity index (χ4n) is 1.12. The van der Waals surface area contributed by atoms with Crippen LogP contribution >= 0.6 is 12.2 Å². The Kier molecular flexibility index (Phi) is 8.84. The number of unbranched alkanes of at least 4 members (excludes halogenated alkanes) is 4. The smallest absolute Gasteiger partial charge is 0.311 e. The number of hydrogen-bond donors (Lipinski definition) is 0. The molecule has 0 amide bonds. The van der Waals surface area contributed by atoms with Crippen LogP contribution in [0.15, 0.2) is 0 Å². The van der Waals surface area contributed by atoms with Crippen LogP contribution in [0.4, 0.5) is 0 Å². The molecule has 2 nitrogen and oxygen atoms in total. The van der Waals surface area contributed by atoms with Gasteiger partial charge in [-0.3, -0.25) is 4.79 Å². The number of esters is 1. The molecule has 0 unspecified atom stereocenters. The summed E-state index contributed by atoms with van der Waals surface area (Å²) < 4.78 is 4.90. The predicted octanol–water partition coefficient (Wildman–Crippen LogP) is 3.63. The van der Waals surface area contributed by atoms with Crippen LogP contribution in [-0.2, 0) is 9.53 Å². The Bertz CT molecular complexity index is 178. The molecule has 0 atom stereocenters. The molecule has 0 N–H and O–H groups in total. The second-order valence-electron chi connectivity index (χ2n) is 3.36. The molecule has 3 heteroatoms. The molecule has 0 fully saturated rings. The highest BCUT2D eigenvalue weighted by atomic mass is 32.1. The second kappa shape index (κ2) is 9.13. The van der Waals surface area contributed by atoms with Gasteiger partial charge in [-0.15, -0.1) is 0 Å². The highest BCUT2D eigenvalue weighted by Gasteiger charge is 2.04. The van der Waals surface area contributed by atoms with Crippen LogP contribution in [0, 0.1) is 0 Å². The molecule has 0 aromatic rings. The fourth-order valence-corrected chi connectivity index (χ4v) is 1.22. The van der Waals surface area contributed by atoms with Crippen LogP contribution in [0.2, 0.25) is 0 Å². The monoisotopic (exact) mass is 216 g/mol. The van der Waals surface area contributed by atoms with Crippen LogP contribution in [0.3, 0.4) is 0 Å². The first kappa shape index (κ1) is 13.6. The first-order chi connectivity index (χ1) is 6.70. The molecule has 0 spiro atoms. The zero-order valence-corrected chi connectivity index (χ0v) is 9.99. The predicted molar refractivity (Wildman–Crippen MR) is 62.4 cm³/mol. The number of thiocarbonyl (C=S) groups is 1. The van der Waals surface area contributed by atoms with Gasteiger partial charge in [0.05, 0.1) is 0 Å². The Morgan fingerprint density at radius 3 is 2.36 bits per heavy atom. The summed E-state index contributed by atoms with van der Waals surface area (Å²) in [4.78, 5) is 11.1. The lowest BCUT2D eigenvalue weighted by molar-refractivity contribution is -0.135. The van der Waals surface area contributed by atoms with Crippen molar-refractivity contribution in [1.82, 2.24) is 0 Å².